The van der Waals surface area contributed by atoms with Gasteiger partial charge in [-0.15, -0.1) is 0 Å². The predicted octanol–water partition coefficient (Wildman–Crippen LogP) is 4.07. The van der Waals surface area contributed by atoms with E-state index in [0.29, 0.717) is 17.4 Å². The minimum absolute atomic E-state index is 0.0405. The second-order valence-corrected chi connectivity index (χ2v) is 5.99. The van der Waals surface area contributed by atoms with Crippen LogP contribution < -0.4 is 0 Å². The fourth-order valence-electron chi connectivity index (χ4n) is 3.12. The Morgan fingerprint density at radius 2 is 2.05 bits per heavy atom. The third-order valence-corrected chi connectivity index (χ3v) is 4.39. The highest BCUT2D eigenvalue weighted by molar-refractivity contribution is 5.69. The first-order valence-electron chi connectivity index (χ1n) is 7.78. The van der Waals surface area contributed by atoms with Gasteiger partial charge in [0.25, 0.3) is 0 Å². The summed E-state index contributed by atoms with van der Waals surface area (Å²) in [5, 5.41) is 8.85. The smallest absolute Gasteiger partial charge is 0.309 e. The Hall–Kier alpha value is -1.32. The van der Waals surface area contributed by atoms with Crippen LogP contribution in [0.2, 0.25) is 0 Å². The van der Waals surface area contributed by atoms with Crippen LogP contribution in [0.5, 0.6) is 0 Å². The van der Waals surface area contributed by atoms with Crippen LogP contribution in [0.25, 0.3) is 0 Å². The average molecular weight is 279 g/mol. The van der Waals surface area contributed by atoms with Crippen LogP contribution in [0.15, 0.2) is 4.42 Å². The average Bonchev–Trinajstić information content (AvgIpc) is 2.78. The van der Waals surface area contributed by atoms with Crippen LogP contribution in [-0.4, -0.2) is 16.1 Å². The van der Waals surface area contributed by atoms with Gasteiger partial charge in [0.1, 0.15) is 5.76 Å². The van der Waals surface area contributed by atoms with E-state index in [9.17, 15) is 4.79 Å². The number of carboxylic acid groups (broad SMARTS) is 1. The number of oxazole rings is 1. The molecule has 0 aliphatic heterocycles. The number of hydrogen-bond donors (Lipinski definition) is 1. The van der Waals surface area contributed by atoms with Gasteiger partial charge in [-0.25, -0.2) is 4.98 Å². The van der Waals surface area contributed by atoms with Crippen molar-refractivity contribution in [1.29, 1.82) is 0 Å². The number of hydrogen-bond acceptors (Lipinski definition) is 3. The molecule has 1 aromatic rings. The first kappa shape index (κ1) is 15.1. The topological polar surface area (TPSA) is 63.3 Å². The van der Waals surface area contributed by atoms with Crippen LogP contribution in [0.4, 0.5) is 0 Å². The highest BCUT2D eigenvalue weighted by Gasteiger charge is 2.26. The lowest BCUT2D eigenvalue weighted by molar-refractivity contribution is -0.136. The van der Waals surface area contributed by atoms with E-state index in [1.165, 1.54) is 32.1 Å². The Labute approximate surface area is 120 Å². The van der Waals surface area contributed by atoms with Crippen molar-refractivity contribution < 1.29 is 14.3 Å². The van der Waals surface area contributed by atoms with Crippen molar-refractivity contribution in [2.24, 2.45) is 5.92 Å². The third-order valence-electron chi connectivity index (χ3n) is 4.39. The maximum absolute atomic E-state index is 10.8. The van der Waals surface area contributed by atoms with Crippen molar-refractivity contribution in [2.75, 3.05) is 0 Å². The third kappa shape index (κ3) is 3.84. The molecule has 0 atom stereocenters. The van der Waals surface area contributed by atoms with E-state index < -0.39 is 5.97 Å². The molecule has 4 heteroatoms. The number of aryl methyl sites for hydroxylation is 1. The minimum Gasteiger partial charge on any atom is -0.481 e. The molecule has 1 fully saturated rings. The fourth-order valence-corrected chi connectivity index (χ4v) is 3.12. The van der Waals surface area contributed by atoms with E-state index >= 15 is 0 Å². The zero-order valence-electron chi connectivity index (χ0n) is 12.5. The van der Waals surface area contributed by atoms with Gasteiger partial charge in [-0.3, -0.25) is 4.79 Å². The summed E-state index contributed by atoms with van der Waals surface area (Å²) >= 11 is 0. The lowest BCUT2D eigenvalue weighted by Crippen LogP contribution is -2.13. The maximum atomic E-state index is 10.8. The minimum atomic E-state index is -0.851. The molecule has 2 rings (SSSR count). The van der Waals surface area contributed by atoms with Gasteiger partial charge in [0.15, 0.2) is 5.89 Å². The monoisotopic (exact) mass is 279 g/mol. The summed E-state index contributed by atoms with van der Waals surface area (Å²) in [7, 11) is 0. The normalized spacial score (nSPS) is 22.9. The summed E-state index contributed by atoms with van der Waals surface area (Å²) in [4.78, 5) is 15.2. The zero-order valence-corrected chi connectivity index (χ0v) is 12.5. The van der Waals surface area contributed by atoms with Crippen molar-refractivity contribution in [3.63, 3.8) is 0 Å². The largest absolute Gasteiger partial charge is 0.481 e. The molecule has 1 aromatic heterocycles. The lowest BCUT2D eigenvalue weighted by Gasteiger charge is -2.26. The zero-order chi connectivity index (χ0) is 14.5. The van der Waals surface area contributed by atoms with E-state index in [4.69, 9.17) is 9.52 Å². The predicted molar refractivity (Wildman–Crippen MR) is 76.8 cm³/mol. The Kier molecular flexibility index (Phi) is 5.21. The molecule has 0 unspecified atom stereocenters. The van der Waals surface area contributed by atoms with Gasteiger partial charge in [0, 0.05) is 5.92 Å². The number of unbranched alkanes of at least 4 members (excludes halogenated alkanes) is 1. The summed E-state index contributed by atoms with van der Waals surface area (Å²) in [6.45, 7) is 4.05. The standard InChI is InChI=1S/C16H25NO3/c1-3-4-5-12-6-8-13(9-7-12)16-17-14(10-15(18)19)11(2)20-16/h12-13H,3-10H2,1-2H3,(H,18,19). The molecule has 20 heavy (non-hydrogen) atoms. The van der Waals surface area contributed by atoms with Gasteiger partial charge in [-0.2, -0.15) is 0 Å². The van der Waals surface area contributed by atoms with Crippen molar-refractivity contribution in [2.45, 2.75) is 71.1 Å². The molecule has 1 saturated carbocycles. The summed E-state index contributed by atoms with van der Waals surface area (Å²) in [6, 6.07) is 0. The molecular weight excluding hydrogens is 254 g/mol. The highest BCUT2D eigenvalue weighted by atomic mass is 16.4. The van der Waals surface area contributed by atoms with Gasteiger partial charge in [0.2, 0.25) is 0 Å². The van der Waals surface area contributed by atoms with Crippen molar-refractivity contribution >= 4 is 5.97 Å². The van der Waals surface area contributed by atoms with Gasteiger partial charge in [-0.05, 0) is 38.5 Å². The van der Waals surface area contributed by atoms with Crippen LogP contribution in [0, 0.1) is 12.8 Å². The van der Waals surface area contributed by atoms with Crippen LogP contribution in [0.1, 0.15) is 75.1 Å². The molecule has 4 nitrogen and oxygen atoms in total. The Balaban J connectivity index is 1.92. The molecule has 112 valence electrons. The number of carboxylic acids is 1. The summed E-state index contributed by atoms with van der Waals surface area (Å²) in [5.74, 6) is 1.81. The molecule has 0 spiro atoms. The Bertz CT molecular complexity index is 445. The molecule has 0 amide bonds. The lowest BCUT2D eigenvalue weighted by atomic mass is 9.80. The van der Waals surface area contributed by atoms with E-state index in [1.54, 1.807) is 0 Å². The molecule has 1 heterocycles. The van der Waals surface area contributed by atoms with Gasteiger partial charge in [-0.1, -0.05) is 26.2 Å². The number of nitrogens with zero attached hydrogens (tertiary/aromatic N) is 1. The van der Waals surface area contributed by atoms with Crippen LogP contribution in [0.3, 0.4) is 0 Å². The highest BCUT2D eigenvalue weighted by Crippen LogP contribution is 2.37. The molecule has 1 aliphatic rings. The molecule has 0 saturated heterocycles. The Morgan fingerprint density at radius 1 is 1.35 bits per heavy atom. The van der Waals surface area contributed by atoms with Crippen LogP contribution >= 0.6 is 0 Å². The van der Waals surface area contributed by atoms with Crippen molar-refractivity contribution in [3.8, 4) is 0 Å². The van der Waals surface area contributed by atoms with Gasteiger partial charge < -0.3 is 9.52 Å². The number of rotatable bonds is 6. The second-order valence-electron chi connectivity index (χ2n) is 5.99. The Morgan fingerprint density at radius 3 is 2.65 bits per heavy atom. The fraction of sp³-hybridized carbons (Fsp3) is 0.750. The second kappa shape index (κ2) is 6.91. The van der Waals surface area contributed by atoms with E-state index in [1.807, 2.05) is 6.92 Å². The van der Waals surface area contributed by atoms with Crippen molar-refractivity contribution in [1.82, 2.24) is 4.98 Å². The molecule has 0 radical (unpaired) electrons. The van der Waals surface area contributed by atoms with Crippen LogP contribution in [-0.2, 0) is 11.2 Å². The number of aliphatic carboxylic acids is 1. The number of aromatic nitrogens is 1. The van der Waals surface area contributed by atoms with Crippen molar-refractivity contribution in [3.05, 3.63) is 17.3 Å². The molecular formula is C16H25NO3. The van der Waals surface area contributed by atoms with E-state index in [-0.39, 0.29) is 6.42 Å². The summed E-state index contributed by atoms with van der Waals surface area (Å²) < 4.78 is 5.70. The molecule has 1 aliphatic carbocycles. The van der Waals surface area contributed by atoms with Gasteiger partial charge in [0.05, 0.1) is 12.1 Å². The molecule has 0 aromatic carbocycles. The summed E-state index contributed by atoms with van der Waals surface area (Å²) in [6.07, 6.45) is 8.66. The maximum Gasteiger partial charge on any atom is 0.309 e. The van der Waals surface area contributed by atoms with E-state index in [2.05, 4.69) is 11.9 Å². The SMILES string of the molecule is CCCCC1CCC(c2nc(CC(=O)O)c(C)o2)CC1. The first-order chi connectivity index (χ1) is 9.60. The summed E-state index contributed by atoms with van der Waals surface area (Å²) in [5.41, 5.74) is 0.584. The molecule has 1 N–H and O–H groups in total. The van der Waals surface area contributed by atoms with Gasteiger partial charge >= 0.3 is 5.97 Å². The molecule has 0 bridgehead atoms. The quantitative estimate of drug-likeness (QED) is 0.852. The first-order valence-corrected chi connectivity index (χ1v) is 7.78. The number of carbonyl (C=O) groups is 1. The van der Waals surface area contributed by atoms with E-state index in [0.717, 1.165) is 24.7 Å².